The largest absolute Gasteiger partial charge is 0.223 e. The van der Waals surface area contributed by atoms with E-state index in [1.165, 1.54) is 0 Å². The average Bonchev–Trinajstić information content (AvgIpc) is 3.24. The summed E-state index contributed by atoms with van der Waals surface area (Å²) < 4.78 is 25.2. The molecule has 1 aliphatic carbocycles. The first-order chi connectivity index (χ1) is 9.50. The van der Waals surface area contributed by atoms with Crippen molar-refractivity contribution in [1.29, 1.82) is 0 Å². The molecule has 1 fully saturated rings. The predicted octanol–water partition coefficient (Wildman–Crippen LogP) is 3.98. The topological polar surface area (TPSA) is 34.1 Å². The smallest absolute Gasteiger partial charge is 0.181 e. The van der Waals surface area contributed by atoms with Crippen LogP contribution in [0.3, 0.4) is 0 Å². The van der Waals surface area contributed by atoms with Crippen LogP contribution in [0.5, 0.6) is 0 Å². The van der Waals surface area contributed by atoms with E-state index >= 15 is 0 Å². The molecule has 4 heteroatoms. The molecule has 3 rings (SSSR count). The maximum Gasteiger partial charge on any atom is 0.181 e. The van der Waals surface area contributed by atoms with Gasteiger partial charge >= 0.3 is 0 Å². The highest BCUT2D eigenvalue weighted by Crippen LogP contribution is 2.48. The minimum atomic E-state index is -3.26. The number of aryl methyl sites for hydroxylation is 1. The van der Waals surface area contributed by atoms with Crippen LogP contribution in [0.15, 0.2) is 53.4 Å². The molecule has 0 amide bonds. The van der Waals surface area contributed by atoms with Gasteiger partial charge in [0.05, 0.1) is 10.1 Å². The van der Waals surface area contributed by atoms with E-state index in [9.17, 15) is 8.42 Å². The molecule has 0 radical (unpaired) electrons. The van der Waals surface area contributed by atoms with Crippen LogP contribution in [-0.4, -0.2) is 13.7 Å². The summed E-state index contributed by atoms with van der Waals surface area (Å²) in [4.78, 5) is 0.378. The highest BCUT2D eigenvalue weighted by molar-refractivity contribution is 7.92. The van der Waals surface area contributed by atoms with E-state index in [-0.39, 0.29) is 11.2 Å². The molecule has 0 saturated heterocycles. The van der Waals surface area contributed by atoms with Crippen LogP contribution in [0.2, 0.25) is 5.02 Å². The maximum atomic E-state index is 12.6. The molecule has 2 aromatic carbocycles. The van der Waals surface area contributed by atoms with Gasteiger partial charge in [-0.3, -0.25) is 0 Å². The monoisotopic (exact) mass is 306 g/mol. The van der Waals surface area contributed by atoms with Crippen LogP contribution < -0.4 is 0 Å². The summed E-state index contributed by atoms with van der Waals surface area (Å²) >= 11 is 5.96. The van der Waals surface area contributed by atoms with E-state index in [2.05, 4.69) is 0 Å². The van der Waals surface area contributed by atoms with Gasteiger partial charge in [0.15, 0.2) is 9.84 Å². The minimum Gasteiger partial charge on any atom is -0.223 e. The highest BCUT2D eigenvalue weighted by Gasteiger charge is 2.48. The Morgan fingerprint density at radius 1 is 1.10 bits per heavy atom. The minimum absolute atomic E-state index is 0.122. The van der Waals surface area contributed by atoms with Gasteiger partial charge in [-0.15, -0.1) is 0 Å². The average molecular weight is 307 g/mol. The van der Waals surface area contributed by atoms with Gasteiger partial charge < -0.3 is 0 Å². The lowest BCUT2D eigenvalue weighted by molar-refractivity contribution is 0.594. The van der Waals surface area contributed by atoms with Gasteiger partial charge in [0, 0.05) is 10.9 Å². The number of rotatable bonds is 3. The standard InChI is InChI=1S/C16H15ClO2S/c1-11-9-13(7-8-15(11)17)20(18,19)16-10-14(16)12-5-3-2-4-6-12/h2-9,14,16H,10H2,1H3/t14-,16+/m1/s1. The van der Waals surface area contributed by atoms with E-state index in [0.717, 1.165) is 11.1 Å². The van der Waals surface area contributed by atoms with Crippen molar-refractivity contribution in [2.24, 2.45) is 0 Å². The Balaban J connectivity index is 1.89. The third-order valence-electron chi connectivity index (χ3n) is 3.82. The van der Waals surface area contributed by atoms with Gasteiger partial charge in [-0.2, -0.15) is 0 Å². The van der Waals surface area contributed by atoms with Gasteiger partial charge in [-0.05, 0) is 42.7 Å². The summed E-state index contributed by atoms with van der Waals surface area (Å²) in [6.45, 7) is 1.82. The summed E-state index contributed by atoms with van der Waals surface area (Å²) in [6, 6.07) is 14.7. The number of hydrogen-bond donors (Lipinski definition) is 0. The Kier molecular flexibility index (Phi) is 3.35. The van der Waals surface area contributed by atoms with Crippen LogP contribution in [0.4, 0.5) is 0 Å². The second-order valence-corrected chi connectivity index (χ2v) is 7.82. The molecule has 2 nitrogen and oxygen atoms in total. The van der Waals surface area contributed by atoms with Crippen molar-refractivity contribution in [3.8, 4) is 0 Å². The molecule has 104 valence electrons. The summed E-state index contributed by atoms with van der Waals surface area (Å²) in [5.74, 6) is 0.122. The van der Waals surface area contributed by atoms with Gasteiger partial charge in [0.1, 0.15) is 0 Å². The van der Waals surface area contributed by atoms with Crippen LogP contribution in [-0.2, 0) is 9.84 Å². The Bertz CT molecular complexity index is 738. The van der Waals surface area contributed by atoms with Crippen molar-refractivity contribution in [3.63, 3.8) is 0 Å². The normalized spacial score (nSPS) is 21.7. The third kappa shape index (κ3) is 2.36. The quantitative estimate of drug-likeness (QED) is 0.859. The lowest BCUT2D eigenvalue weighted by Gasteiger charge is -2.06. The van der Waals surface area contributed by atoms with Crippen molar-refractivity contribution in [3.05, 3.63) is 64.7 Å². The molecule has 0 N–H and O–H groups in total. The molecule has 2 atom stereocenters. The summed E-state index contributed by atoms with van der Waals surface area (Å²) in [5.41, 5.74) is 1.90. The molecule has 0 spiro atoms. The molecule has 0 heterocycles. The zero-order valence-electron chi connectivity index (χ0n) is 11.1. The Labute approximate surface area is 124 Å². The molecule has 0 aromatic heterocycles. The number of sulfone groups is 1. The molecule has 1 aliphatic rings. The van der Waals surface area contributed by atoms with E-state index in [1.807, 2.05) is 37.3 Å². The van der Waals surface area contributed by atoms with Gasteiger partial charge in [0.25, 0.3) is 0 Å². The third-order valence-corrected chi connectivity index (χ3v) is 6.47. The fourth-order valence-corrected chi connectivity index (χ4v) is 4.65. The van der Waals surface area contributed by atoms with Crippen molar-refractivity contribution in [2.45, 2.75) is 29.4 Å². The van der Waals surface area contributed by atoms with Crippen LogP contribution in [0.1, 0.15) is 23.5 Å². The maximum absolute atomic E-state index is 12.6. The van der Waals surface area contributed by atoms with E-state index in [4.69, 9.17) is 11.6 Å². The van der Waals surface area contributed by atoms with Gasteiger partial charge in [-0.1, -0.05) is 41.9 Å². The van der Waals surface area contributed by atoms with Crippen LogP contribution in [0.25, 0.3) is 0 Å². The van der Waals surface area contributed by atoms with E-state index in [0.29, 0.717) is 16.3 Å². The molecule has 1 saturated carbocycles. The van der Waals surface area contributed by atoms with Crippen molar-refractivity contribution < 1.29 is 8.42 Å². The number of hydrogen-bond acceptors (Lipinski definition) is 2. The molecule has 0 aliphatic heterocycles. The summed E-state index contributed by atoms with van der Waals surface area (Å²) in [7, 11) is -3.26. The Morgan fingerprint density at radius 2 is 1.80 bits per heavy atom. The Hall–Kier alpha value is -1.32. The number of halogens is 1. The van der Waals surface area contributed by atoms with Crippen molar-refractivity contribution >= 4 is 21.4 Å². The first kappa shape index (κ1) is 13.7. The summed E-state index contributed by atoms with van der Waals surface area (Å²) in [5, 5.41) is 0.296. The zero-order chi connectivity index (χ0) is 14.3. The summed E-state index contributed by atoms with van der Waals surface area (Å²) in [6.07, 6.45) is 0.702. The van der Waals surface area contributed by atoms with Crippen LogP contribution >= 0.6 is 11.6 Å². The first-order valence-electron chi connectivity index (χ1n) is 6.55. The Morgan fingerprint density at radius 3 is 2.45 bits per heavy atom. The van der Waals surface area contributed by atoms with Gasteiger partial charge in [-0.25, -0.2) is 8.42 Å². The molecule has 20 heavy (non-hydrogen) atoms. The lowest BCUT2D eigenvalue weighted by Crippen LogP contribution is -2.09. The zero-order valence-corrected chi connectivity index (χ0v) is 12.7. The second-order valence-electron chi connectivity index (χ2n) is 5.25. The SMILES string of the molecule is Cc1cc(S(=O)(=O)[C@H]2C[C@@H]2c2ccccc2)ccc1Cl. The van der Waals surface area contributed by atoms with Crippen molar-refractivity contribution in [1.82, 2.24) is 0 Å². The molecular formula is C16H15ClO2S. The molecule has 2 aromatic rings. The number of benzene rings is 2. The van der Waals surface area contributed by atoms with E-state index < -0.39 is 9.84 Å². The van der Waals surface area contributed by atoms with Gasteiger partial charge in [0.2, 0.25) is 0 Å². The second kappa shape index (κ2) is 4.90. The fraction of sp³-hybridized carbons (Fsp3) is 0.250. The van der Waals surface area contributed by atoms with E-state index in [1.54, 1.807) is 18.2 Å². The fourth-order valence-electron chi connectivity index (χ4n) is 2.53. The molecule has 0 bridgehead atoms. The van der Waals surface area contributed by atoms with Crippen molar-refractivity contribution in [2.75, 3.05) is 0 Å². The molecule has 0 unspecified atom stereocenters. The highest BCUT2D eigenvalue weighted by atomic mass is 35.5. The van der Waals surface area contributed by atoms with Crippen LogP contribution in [0, 0.1) is 6.92 Å². The predicted molar refractivity (Wildman–Crippen MR) is 81.0 cm³/mol. The molecular weight excluding hydrogens is 292 g/mol. The lowest BCUT2D eigenvalue weighted by atomic mass is 10.1. The first-order valence-corrected chi connectivity index (χ1v) is 8.47.